The maximum atomic E-state index is 13.4. The second kappa shape index (κ2) is 6.82. The number of H-pyrrole nitrogens is 1. The monoisotopic (exact) mass is 386 g/mol. The molecule has 2 N–H and O–H groups in total. The summed E-state index contributed by atoms with van der Waals surface area (Å²) in [7, 11) is 0. The standard InChI is InChI=1S/C16H11F5N4O2/c17-6-11(26)22-7-10-5-12(27)25-15(23-10)13(14(24-25)16(19,20)21)8-1-3-9(18)4-2-8/h1-5,23H,6-7H2,(H,22,26). The topological polar surface area (TPSA) is 79.3 Å². The maximum Gasteiger partial charge on any atom is 0.435 e. The number of nitrogens with zero attached hydrogens (tertiary/aromatic N) is 2. The van der Waals surface area contributed by atoms with Gasteiger partial charge < -0.3 is 10.3 Å². The number of hydrogen-bond donors (Lipinski definition) is 2. The minimum atomic E-state index is -4.88. The first-order chi connectivity index (χ1) is 12.7. The van der Waals surface area contributed by atoms with Crippen LogP contribution in [0.15, 0.2) is 35.1 Å². The molecule has 1 amide bonds. The highest BCUT2D eigenvalue weighted by Gasteiger charge is 2.39. The summed E-state index contributed by atoms with van der Waals surface area (Å²) in [5.74, 6) is -1.59. The van der Waals surface area contributed by atoms with E-state index in [0.29, 0.717) is 4.52 Å². The van der Waals surface area contributed by atoms with Crippen molar-refractivity contribution >= 4 is 11.6 Å². The highest BCUT2D eigenvalue weighted by atomic mass is 19.4. The molecule has 6 nitrogen and oxygen atoms in total. The van der Waals surface area contributed by atoms with Gasteiger partial charge in [0.25, 0.3) is 11.5 Å². The lowest BCUT2D eigenvalue weighted by Gasteiger charge is -2.07. The van der Waals surface area contributed by atoms with Crippen LogP contribution < -0.4 is 10.9 Å². The van der Waals surface area contributed by atoms with Crippen LogP contribution in [0.4, 0.5) is 22.0 Å². The number of aromatic nitrogens is 3. The lowest BCUT2D eigenvalue weighted by molar-refractivity contribution is -0.140. The molecule has 3 aromatic rings. The van der Waals surface area contributed by atoms with E-state index in [1.54, 1.807) is 0 Å². The zero-order valence-corrected chi connectivity index (χ0v) is 13.4. The molecule has 2 heterocycles. The Labute approximate surface area is 147 Å². The van der Waals surface area contributed by atoms with Gasteiger partial charge in [-0.1, -0.05) is 12.1 Å². The molecule has 0 atom stereocenters. The van der Waals surface area contributed by atoms with Crippen LogP contribution in [0.2, 0.25) is 0 Å². The highest BCUT2D eigenvalue weighted by molar-refractivity contribution is 5.80. The zero-order chi connectivity index (χ0) is 19.8. The molecule has 0 aliphatic carbocycles. The van der Waals surface area contributed by atoms with E-state index in [2.05, 4.69) is 15.4 Å². The normalized spacial score (nSPS) is 11.7. The number of rotatable bonds is 4. The van der Waals surface area contributed by atoms with Crippen molar-refractivity contribution in [2.45, 2.75) is 12.7 Å². The van der Waals surface area contributed by atoms with Crippen molar-refractivity contribution in [1.82, 2.24) is 19.9 Å². The molecule has 0 aliphatic heterocycles. The number of fused-ring (bicyclic) bond motifs is 1. The zero-order valence-electron chi connectivity index (χ0n) is 13.4. The fraction of sp³-hybridized carbons (Fsp3) is 0.188. The molecule has 0 saturated heterocycles. The third kappa shape index (κ3) is 3.66. The van der Waals surface area contributed by atoms with E-state index in [0.717, 1.165) is 30.3 Å². The predicted molar refractivity (Wildman–Crippen MR) is 84.0 cm³/mol. The van der Waals surface area contributed by atoms with Crippen LogP contribution in [0.25, 0.3) is 16.8 Å². The van der Waals surface area contributed by atoms with E-state index in [-0.39, 0.29) is 23.4 Å². The van der Waals surface area contributed by atoms with Gasteiger partial charge in [0.15, 0.2) is 12.4 Å². The Hall–Kier alpha value is -3.24. The van der Waals surface area contributed by atoms with Crippen molar-refractivity contribution in [3.05, 3.63) is 57.9 Å². The van der Waals surface area contributed by atoms with Crippen molar-refractivity contribution in [3.8, 4) is 11.1 Å². The van der Waals surface area contributed by atoms with Crippen molar-refractivity contribution in [2.75, 3.05) is 6.67 Å². The minimum absolute atomic E-state index is 0.0145. The summed E-state index contributed by atoms with van der Waals surface area (Å²) in [6, 6.07) is 5.13. The molecule has 0 spiro atoms. The number of alkyl halides is 4. The fourth-order valence-electron chi connectivity index (χ4n) is 2.52. The molecular weight excluding hydrogens is 375 g/mol. The van der Waals surface area contributed by atoms with E-state index < -0.39 is 41.4 Å². The first kappa shape index (κ1) is 18.5. The molecule has 27 heavy (non-hydrogen) atoms. The second-order valence-corrected chi connectivity index (χ2v) is 5.53. The van der Waals surface area contributed by atoms with Crippen LogP contribution in [0.5, 0.6) is 0 Å². The van der Waals surface area contributed by atoms with E-state index in [1.807, 2.05) is 0 Å². The molecule has 11 heteroatoms. The lowest BCUT2D eigenvalue weighted by Crippen LogP contribution is -2.26. The Morgan fingerprint density at radius 3 is 2.48 bits per heavy atom. The van der Waals surface area contributed by atoms with Gasteiger partial charge in [0.2, 0.25) is 0 Å². The van der Waals surface area contributed by atoms with Gasteiger partial charge in [0.05, 0.1) is 12.1 Å². The fourth-order valence-corrected chi connectivity index (χ4v) is 2.52. The summed E-state index contributed by atoms with van der Waals surface area (Å²) in [6.45, 7) is -1.58. The molecule has 3 rings (SSSR count). The Kier molecular flexibility index (Phi) is 4.68. The van der Waals surface area contributed by atoms with Crippen LogP contribution in [-0.4, -0.2) is 27.2 Å². The number of halogens is 5. The first-order valence-electron chi connectivity index (χ1n) is 7.51. The van der Waals surface area contributed by atoms with Gasteiger partial charge in [-0.3, -0.25) is 9.59 Å². The Morgan fingerprint density at radius 1 is 1.22 bits per heavy atom. The second-order valence-electron chi connectivity index (χ2n) is 5.53. The molecule has 2 aromatic heterocycles. The van der Waals surface area contributed by atoms with E-state index in [9.17, 15) is 31.5 Å². The van der Waals surface area contributed by atoms with E-state index in [1.165, 1.54) is 0 Å². The highest BCUT2D eigenvalue weighted by Crippen LogP contribution is 2.38. The third-order valence-electron chi connectivity index (χ3n) is 3.67. The molecule has 0 fully saturated rings. The number of nitrogens with one attached hydrogen (secondary N) is 2. The third-order valence-corrected chi connectivity index (χ3v) is 3.67. The summed E-state index contributed by atoms with van der Waals surface area (Å²) >= 11 is 0. The summed E-state index contributed by atoms with van der Waals surface area (Å²) in [4.78, 5) is 25.8. The number of benzene rings is 1. The number of aromatic amines is 1. The molecule has 0 aliphatic rings. The molecular formula is C16H11F5N4O2. The molecule has 0 unspecified atom stereocenters. The number of hydrogen-bond acceptors (Lipinski definition) is 3. The van der Waals surface area contributed by atoms with Crippen molar-refractivity contribution in [3.63, 3.8) is 0 Å². The van der Waals surface area contributed by atoms with Gasteiger partial charge in [0, 0.05) is 11.8 Å². The molecule has 1 aromatic carbocycles. The molecule has 0 radical (unpaired) electrons. The summed E-state index contributed by atoms with van der Waals surface area (Å²) in [5, 5.41) is 5.50. The molecule has 142 valence electrons. The van der Waals surface area contributed by atoms with Gasteiger partial charge in [-0.05, 0) is 17.7 Å². The SMILES string of the molecule is O=C(CF)NCc1cc(=O)n2nc(C(F)(F)F)c(-c3ccc(F)cc3)c2[nH]1. The number of carbonyl (C=O) groups is 1. The summed E-state index contributed by atoms with van der Waals surface area (Å²) < 4.78 is 66.2. The number of amides is 1. The number of carbonyl (C=O) groups excluding carboxylic acids is 1. The van der Waals surface area contributed by atoms with Gasteiger partial charge in [-0.15, -0.1) is 0 Å². The predicted octanol–water partition coefficient (Wildman–Crippen LogP) is 2.43. The van der Waals surface area contributed by atoms with E-state index in [4.69, 9.17) is 0 Å². The van der Waals surface area contributed by atoms with Crippen LogP contribution in [0, 0.1) is 5.82 Å². The average Bonchev–Trinajstić information content (AvgIpc) is 3.01. The average molecular weight is 386 g/mol. The van der Waals surface area contributed by atoms with Crippen LogP contribution in [-0.2, 0) is 17.5 Å². The van der Waals surface area contributed by atoms with Gasteiger partial charge in [0.1, 0.15) is 11.5 Å². The van der Waals surface area contributed by atoms with Crippen molar-refractivity contribution in [2.24, 2.45) is 0 Å². The van der Waals surface area contributed by atoms with Gasteiger partial charge in [-0.25, -0.2) is 8.78 Å². The van der Waals surface area contributed by atoms with Gasteiger partial charge >= 0.3 is 6.18 Å². The lowest BCUT2D eigenvalue weighted by atomic mass is 10.1. The minimum Gasteiger partial charge on any atom is -0.348 e. The van der Waals surface area contributed by atoms with Crippen LogP contribution in [0.1, 0.15) is 11.4 Å². The van der Waals surface area contributed by atoms with Crippen molar-refractivity contribution < 1.29 is 26.7 Å². The molecule has 0 saturated carbocycles. The largest absolute Gasteiger partial charge is 0.435 e. The van der Waals surface area contributed by atoms with E-state index >= 15 is 0 Å². The molecule has 0 bridgehead atoms. The maximum absolute atomic E-state index is 13.4. The summed E-state index contributed by atoms with van der Waals surface area (Å²) in [6.07, 6.45) is -4.88. The Bertz CT molecular complexity index is 1050. The summed E-state index contributed by atoms with van der Waals surface area (Å²) in [5.41, 5.74) is -2.91. The first-order valence-corrected chi connectivity index (χ1v) is 7.51. The van der Waals surface area contributed by atoms with Crippen LogP contribution >= 0.6 is 0 Å². The quantitative estimate of drug-likeness (QED) is 0.676. The van der Waals surface area contributed by atoms with Crippen LogP contribution in [0.3, 0.4) is 0 Å². The van der Waals surface area contributed by atoms with Gasteiger partial charge in [-0.2, -0.15) is 22.8 Å². The smallest absolute Gasteiger partial charge is 0.348 e. The Balaban J connectivity index is 2.22. The Morgan fingerprint density at radius 2 is 1.89 bits per heavy atom. The van der Waals surface area contributed by atoms with Crippen molar-refractivity contribution in [1.29, 1.82) is 0 Å².